The molecule has 1 aromatic rings. The second-order valence-corrected chi connectivity index (χ2v) is 4.36. The van der Waals surface area contributed by atoms with Crippen LogP contribution in [0, 0.1) is 6.92 Å². The Morgan fingerprint density at radius 3 is 3.00 bits per heavy atom. The summed E-state index contributed by atoms with van der Waals surface area (Å²) in [6.45, 7) is 2.43. The quantitative estimate of drug-likeness (QED) is 0.786. The van der Waals surface area contributed by atoms with Crippen molar-refractivity contribution in [3.05, 3.63) is 16.1 Å². The molecule has 0 spiro atoms. The van der Waals surface area contributed by atoms with Crippen LogP contribution in [0.1, 0.15) is 17.1 Å². The zero-order valence-electron chi connectivity index (χ0n) is 9.03. The third kappa shape index (κ3) is 4.07. The van der Waals surface area contributed by atoms with Crippen LogP contribution in [0.4, 0.5) is 0 Å². The highest BCUT2D eigenvalue weighted by Gasteiger charge is 2.15. The Hall–Kier alpha value is -0.780. The average molecular weight is 228 g/mol. The molecular formula is C10H16N2O2S. The van der Waals surface area contributed by atoms with Crippen LogP contribution in [0.2, 0.25) is 0 Å². The van der Waals surface area contributed by atoms with Gasteiger partial charge in [0.15, 0.2) is 5.78 Å². The van der Waals surface area contributed by atoms with Gasteiger partial charge in [0.2, 0.25) is 0 Å². The van der Waals surface area contributed by atoms with Crippen molar-refractivity contribution in [3.8, 4) is 0 Å². The summed E-state index contributed by atoms with van der Waals surface area (Å²) in [7, 11) is 1.60. The highest BCUT2D eigenvalue weighted by Crippen LogP contribution is 2.10. The number of hydrogen-bond donors (Lipinski definition) is 1. The fourth-order valence-corrected chi connectivity index (χ4v) is 1.95. The number of ether oxygens (including phenoxy) is 1. The van der Waals surface area contributed by atoms with E-state index >= 15 is 0 Å². The number of methoxy groups -OCH3 is 1. The summed E-state index contributed by atoms with van der Waals surface area (Å²) in [4.78, 5) is 15.8. The lowest BCUT2D eigenvalue weighted by molar-refractivity contribution is -0.120. The number of thiazole rings is 1. The lowest BCUT2D eigenvalue weighted by Crippen LogP contribution is -2.32. The van der Waals surface area contributed by atoms with Crippen LogP contribution in [0.25, 0.3) is 0 Å². The second kappa shape index (κ2) is 5.95. The molecule has 2 N–H and O–H groups in total. The van der Waals surface area contributed by atoms with E-state index < -0.39 is 6.04 Å². The Morgan fingerprint density at radius 1 is 1.73 bits per heavy atom. The number of rotatable bonds is 6. The van der Waals surface area contributed by atoms with Crippen LogP contribution < -0.4 is 5.73 Å². The lowest BCUT2D eigenvalue weighted by Gasteiger charge is -2.08. The Bertz CT molecular complexity index is 325. The van der Waals surface area contributed by atoms with Gasteiger partial charge in [0.25, 0.3) is 0 Å². The topological polar surface area (TPSA) is 65.2 Å². The first-order valence-corrected chi connectivity index (χ1v) is 5.69. The van der Waals surface area contributed by atoms with E-state index in [9.17, 15) is 4.79 Å². The molecule has 1 atom stereocenters. The Kier molecular flexibility index (Phi) is 4.87. The third-order valence-corrected chi connectivity index (χ3v) is 3.01. The molecule has 0 fully saturated rings. The van der Waals surface area contributed by atoms with Gasteiger partial charge >= 0.3 is 0 Å². The Morgan fingerprint density at radius 2 is 2.47 bits per heavy atom. The van der Waals surface area contributed by atoms with Gasteiger partial charge in [-0.1, -0.05) is 0 Å². The number of hydrogen-bond acceptors (Lipinski definition) is 5. The zero-order valence-corrected chi connectivity index (χ0v) is 9.84. The summed E-state index contributed by atoms with van der Waals surface area (Å²) in [5.74, 6) is 0.0291. The van der Waals surface area contributed by atoms with E-state index in [1.165, 1.54) is 11.3 Å². The molecule has 4 nitrogen and oxygen atoms in total. The van der Waals surface area contributed by atoms with Crippen LogP contribution >= 0.6 is 11.3 Å². The normalized spacial score (nSPS) is 12.7. The van der Waals surface area contributed by atoms with E-state index in [-0.39, 0.29) is 5.78 Å². The molecule has 0 radical (unpaired) electrons. The van der Waals surface area contributed by atoms with E-state index in [0.717, 1.165) is 10.7 Å². The lowest BCUT2D eigenvalue weighted by atomic mass is 10.1. The Labute approximate surface area is 93.5 Å². The molecule has 5 heteroatoms. The number of carbonyl (C=O) groups excluding carboxylic acids is 1. The van der Waals surface area contributed by atoms with Crippen molar-refractivity contribution < 1.29 is 9.53 Å². The van der Waals surface area contributed by atoms with Gasteiger partial charge in [-0.2, -0.15) is 0 Å². The van der Waals surface area contributed by atoms with Crippen LogP contribution in [0.3, 0.4) is 0 Å². The standard InChI is InChI=1S/C10H16N2O2S/c1-7-6-15-10(12-7)5-9(13)8(11)3-4-14-2/h6,8H,3-5,11H2,1-2H3. The minimum Gasteiger partial charge on any atom is -0.385 e. The zero-order chi connectivity index (χ0) is 11.3. The van der Waals surface area contributed by atoms with Gasteiger partial charge in [-0.05, 0) is 13.3 Å². The van der Waals surface area contributed by atoms with Crippen molar-refractivity contribution in [2.75, 3.05) is 13.7 Å². The summed E-state index contributed by atoms with van der Waals surface area (Å²) in [5, 5.41) is 2.77. The first-order chi connectivity index (χ1) is 7.13. The van der Waals surface area contributed by atoms with Crippen LogP contribution in [-0.4, -0.2) is 30.5 Å². The first kappa shape index (κ1) is 12.3. The first-order valence-electron chi connectivity index (χ1n) is 4.81. The molecule has 0 aliphatic heterocycles. The number of Topliss-reactive ketones (excluding diaryl/α,β-unsaturated/α-hetero) is 1. The summed E-state index contributed by atoms with van der Waals surface area (Å²) in [6, 6.07) is -0.436. The number of nitrogens with two attached hydrogens (primary N) is 1. The molecule has 1 unspecified atom stereocenters. The molecule has 0 amide bonds. The van der Waals surface area contributed by atoms with Crippen LogP contribution in [0.5, 0.6) is 0 Å². The number of carbonyl (C=O) groups is 1. The maximum Gasteiger partial charge on any atom is 0.156 e. The molecule has 0 bridgehead atoms. The predicted molar refractivity (Wildman–Crippen MR) is 60.0 cm³/mol. The SMILES string of the molecule is COCCC(N)C(=O)Cc1nc(C)cs1. The number of aryl methyl sites for hydroxylation is 1. The number of aromatic nitrogens is 1. The summed E-state index contributed by atoms with van der Waals surface area (Å²) in [5.41, 5.74) is 6.66. The molecule has 1 rings (SSSR count). The number of ketones is 1. The summed E-state index contributed by atoms with van der Waals surface area (Å²) in [6.07, 6.45) is 0.906. The summed E-state index contributed by atoms with van der Waals surface area (Å²) < 4.78 is 4.87. The van der Waals surface area contributed by atoms with Crippen molar-refractivity contribution >= 4 is 17.1 Å². The molecule has 1 aromatic heterocycles. The largest absolute Gasteiger partial charge is 0.385 e. The van der Waals surface area contributed by atoms with Gasteiger partial charge in [0, 0.05) is 24.8 Å². The van der Waals surface area contributed by atoms with Gasteiger partial charge < -0.3 is 10.5 Å². The Balaban J connectivity index is 2.41. The van der Waals surface area contributed by atoms with Gasteiger partial charge in [-0.3, -0.25) is 4.79 Å². The second-order valence-electron chi connectivity index (χ2n) is 3.41. The van der Waals surface area contributed by atoms with Gasteiger partial charge in [0.1, 0.15) is 5.01 Å². The molecular weight excluding hydrogens is 212 g/mol. The minimum atomic E-state index is -0.436. The van der Waals surface area contributed by atoms with E-state index in [4.69, 9.17) is 10.5 Å². The van der Waals surface area contributed by atoms with Gasteiger partial charge in [-0.15, -0.1) is 11.3 Å². The fraction of sp³-hybridized carbons (Fsp3) is 0.600. The highest BCUT2D eigenvalue weighted by molar-refractivity contribution is 7.09. The van der Waals surface area contributed by atoms with E-state index in [1.54, 1.807) is 7.11 Å². The molecule has 0 saturated heterocycles. The van der Waals surface area contributed by atoms with Gasteiger partial charge in [-0.25, -0.2) is 4.98 Å². The van der Waals surface area contributed by atoms with Crippen LogP contribution in [0.15, 0.2) is 5.38 Å². The van der Waals surface area contributed by atoms with Crippen molar-refractivity contribution in [3.63, 3.8) is 0 Å². The molecule has 0 aliphatic carbocycles. The van der Waals surface area contributed by atoms with E-state index in [1.807, 2.05) is 12.3 Å². The maximum atomic E-state index is 11.6. The van der Waals surface area contributed by atoms with E-state index in [0.29, 0.717) is 19.4 Å². The monoisotopic (exact) mass is 228 g/mol. The van der Waals surface area contributed by atoms with Crippen molar-refractivity contribution in [1.82, 2.24) is 4.98 Å². The van der Waals surface area contributed by atoms with E-state index in [2.05, 4.69) is 4.98 Å². The fourth-order valence-electron chi connectivity index (χ4n) is 1.17. The average Bonchev–Trinajstić information content (AvgIpc) is 2.60. The van der Waals surface area contributed by atoms with Crippen molar-refractivity contribution in [2.45, 2.75) is 25.8 Å². The molecule has 0 saturated carbocycles. The predicted octanol–water partition coefficient (Wildman–Crippen LogP) is 0.927. The number of nitrogens with zero attached hydrogens (tertiary/aromatic N) is 1. The third-order valence-electron chi connectivity index (χ3n) is 2.04. The molecule has 0 aliphatic rings. The minimum absolute atomic E-state index is 0.0291. The molecule has 15 heavy (non-hydrogen) atoms. The molecule has 84 valence electrons. The van der Waals surface area contributed by atoms with Crippen LogP contribution in [-0.2, 0) is 16.0 Å². The molecule has 1 heterocycles. The van der Waals surface area contributed by atoms with Gasteiger partial charge in [0.05, 0.1) is 12.5 Å². The smallest absolute Gasteiger partial charge is 0.156 e. The summed E-state index contributed by atoms with van der Waals surface area (Å²) >= 11 is 1.50. The molecule has 0 aromatic carbocycles. The highest BCUT2D eigenvalue weighted by atomic mass is 32.1. The van der Waals surface area contributed by atoms with Crippen molar-refractivity contribution in [1.29, 1.82) is 0 Å². The van der Waals surface area contributed by atoms with Crippen molar-refractivity contribution in [2.24, 2.45) is 5.73 Å². The maximum absolute atomic E-state index is 11.6.